The molecule has 0 aliphatic rings. The van der Waals surface area contributed by atoms with Crippen LogP contribution in [0.15, 0.2) is 53.7 Å². The Morgan fingerprint density at radius 3 is 2.25 bits per heavy atom. The summed E-state index contributed by atoms with van der Waals surface area (Å²) in [4.78, 5) is 4.12. The van der Waals surface area contributed by atoms with Crippen LogP contribution >= 0.6 is 0 Å². The quantitative estimate of drug-likeness (QED) is 0.916. The Labute approximate surface area is 118 Å². The fourth-order valence-electron chi connectivity index (χ4n) is 1.78. The molecule has 106 valence electrons. The molecule has 0 radical (unpaired) electrons. The summed E-state index contributed by atoms with van der Waals surface area (Å²) in [6.45, 7) is 1.79. The molecule has 0 aliphatic carbocycles. The van der Waals surface area contributed by atoms with Crippen LogP contribution in [-0.2, 0) is 10.0 Å². The lowest BCUT2D eigenvalue weighted by Crippen LogP contribution is -2.26. The number of ether oxygens (including phenoxy) is 1. The predicted octanol–water partition coefficient (Wildman–Crippen LogP) is 2.13. The zero-order valence-corrected chi connectivity index (χ0v) is 12.1. The van der Waals surface area contributed by atoms with Gasteiger partial charge in [-0.2, -0.15) is 0 Å². The van der Waals surface area contributed by atoms with Crippen LogP contribution in [0.2, 0.25) is 0 Å². The molecule has 20 heavy (non-hydrogen) atoms. The maximum absolute atomic E-state index is 12.2. The normalized spacial score (nSPS) is 12.9. The fourth-order valence-corrected chi connectivity index (χ4v) is 3.01. The molecule has 2 aromatic rings. The number of methoxy groups -OCH3 is 1. The van der Waals surface area contributed by atoms with E-state index in [0.717, 1.165) is 5.56 Å². The molecule has 0 spiro atoms. The number of rotatable bonds is 5. The maximum atomic E-state index is 12.2. The first-order chi connectivity index (χ1) is 9.53. The molecular weight excluding hydrogens is 276 g/mol. The Bertz CT molecular complexity index is 655. The topological polar surface area (TPSA) is 68.3 Å². The van der Waals surface area contributed by atoms with E-state index in [4.69, 9.17) is 4.74 Å². The van der Waals surface area contributed by atoms with E-state index in [0.29, 0.717) is 5.75 Å². The SMILES string of the molecule is COc1ccc(S(=O)(=O)N[C@@H](C)c2ccncc2)cc1. The first kappa shape index (κ1) is 14.5. The lowest BCUT2D eigenvalue weighted by Gasteiger charge is -2.14. The van der Waals surface area contributed by atoms with Crippen molar-refractivity contribution in [1.82, 2.24) is 9.71 Å². The smallest absolute Gasteiger partial charge is 0.241 e. The molecule has 0 saturated heterocycles. The molecule has 0 fully saturated rings. The van der Waals surface area contributed by atoms with Gasteiger partial charge in [0.05, 0.1) is 12.0 Å². The minimum absolute atomic E-state index is 0.208. The number of nitrogens with zero attached hydrogens (tertiary/aromatic N) is 1. The monoisotopic (exact) mass is 292 g/mol. The minimum atomic E-state index is -3.56. The summed E-state index contributed by atoms with van der Waals surface area (Å²) in [5.41, 5.74) is 0.858. The van der Waals surface area contributed by atoms with E-state index in [1.54, 1.807) is 43.6 Å². The van der Waals surface area contributed by atoms with Gasteiger partial charge in [-0.3, -0.25) is 4.98 Å². The van der Waals surface area contributed by atoms with Crippen LogP contribution in [0.5, 0.6) is 5.75 Å². The van der Waals surface area contributed by atoms with Gasteiger partial charge in [0.15, 0.2) is 0 Å². The lowest BCUT2D eigenvalue weighted by atomic mass is 10.1. The predicted molar refractivity (Wildman–Crippen MR) is 76.0 cm³/mol. The van der Waals surface area contributed by atoms with Crippen LogP contribution in [0, 0.1) is 0 Å². The van der Waals surface area contributed by atoms with Crippen molar-refractivity contribution in [3.05, 3.63) is 54.4 Å². The van der Waals surface area contributed by atoms with Gasteiger partial charge < -0.3 is 4.74 Å². The van der Waals surface area contributed by atoms with Crippen LogP contribution in [-0.4, -0.2) is 20.5 Å². The van der Waals surface area contributed by atoms with E-state index < -0.39 is 10.0 Å². The van der Waals surface area contributed by atoms with E-state index in [2.05, 4.69) is 9.71 Å². The van der Waals surface area contributed by atoms with Gasteiger partial charge in [0, 0.05) is 18.4 Å². The Hall–Kier alpha value is -1.92. The van der Waals surface area contributed by atoms with Crippen molar-refractivity contribution in [3.8, 4) is 5.75 Å². The van der Waals surface area contributed by atoms with Crippen LogP contribution in [0.1, 0.15) is 18.5 Å². The average Bonchev–Trinajstić information content (AvgIpc) is 2.48. The molecule has 5 nitrogen and oxygen atoms in total. The van der Waals surface area contributed by atoms with E-state index in [1.807, 2.05) is 0 Å². The van der Waals surface area contributed by atoms with Crippen molar-refractivity contribution < 1.29 is 13.2 Å². The lowest BCUT2D eigenvalue weighted by molar-refractivity contribution is 0.414. The highest BCUT2D eigenvalue weighted by Crippen LogP contribution is 2.18. The van der Waals surface area contributed by atoms with Gasteiger partial charge in [-0.1, -0.05) is 0 Å². The van der Waals surface area contributed by atoms with E-state index >= 15 is 0 Å². The van der Waals surface area contributed by atoms with E-state index in [1.165, 1.54) is 19.2 Å². The number of aromatic nitrogens is 1. The number of sulfonamides is 1. The van der Waals surface area contributed by atoms with Crippen LogP contribution < -0.4 is 9.46 Å². The molecule has 1 heterocycles. The summed E-state index contributed by atoms with van der Waals surface area (Å²) in [6, 6.07) is 9.49. The molecule has 0 unspecified atom stereocenters. The second-order valence-corrected chi connectivity index (χ2v) is 6.01. The van der Waals surface area contributed by atoms with Gasteiger partial charge in [-0.15, -0.1) is 0 Å². The summed E-state index contributed by atoms with van der Waals surface area (Å²) in [5.74, 6) is 0.617. The molecule has 0 aliphatic heterocycles. The standard InChI is InChI=1S/C14H16N2O3S/c1-11(12-7-9-15-10-8-12)16-20(17,18)14-5-3-13(19-2)4-6-14/h3-11,16H,1-2H3/t11-/m0/s1. The van der Waals surface area contributed by atoms with E-state index in [-0.39, 0.29) is 10.9 Å². The molecule has 1 aromatic carbocycles. The van der Waals surface area contributed by atoms with Gasteiger partial charge in [0.25, 0.3) is 0 Å². The summed E-state index contributed by atoms with van der Waals surface area (Å²) in [6.07, 6.45) is 3.26. The van der Waals surface area contributed by atoms with Crippen molar-refractivity contribution in [1.29, 1.82) is 0 Å². The van der Waals surface area contributed by atoms with Gasteiger partial charge in [0.2, 0.25) is 10.0 Å². The van der Waals surface area contributed by atoms with Gasteiger partial charge in [0.1, 0.15) is 5.75 Å². The van der Waals surface area contributed by atoms with Crippen LogP contribution in [0.3, 0.4) is 0 Å². The number of pyridine rings is 1. The Morgan fingerprint density at radius 1 is 1.10 bits per heavy atom. The van der Waals surface area contributed by atoms with Crippen molar-refractivity contribution in [2.45, 2.75) is 17.9 Å². The van der Waals surface area contributed by atoms with E-state index in [9.17, 15) is 8.42 Å². The van der Waals surface area contributed by atoms with Gasteiger partial charge in [-0.05, 0) is 48.9 Å². The van der Waals surface area contributed by atoms with Crippen molar-refractivity contribution >= 4 is 10.0 Å². The zero-order chi connectivity index (χ0) is 14.6. The highest BCUT2D eigenvalue weighted by atomic mass is 32.2. The molecule has 0 bridgehead atoms. The third kappa shape index (κ3) is 3.34. The molecule has 1 atom stereocenters. The second-order valence-electron chi connectivity index (χ2n) is 4.30. The molecular formula is C14H16N2O3S. The highest BCUT2D eigenvalue weighted by molar-refractivity contribution is 7.89. The molecule has 6 heteroatoms. The Balaban J connectivity index is 2.18. The van der Waals surface area contributed by atoms with Crippen molar-refractivity contribution in [2.75, 3.05) is 7.11 Å². The number of hydrogen-bond acceptors (Lipinski definition) is 4. The van der Waals surface area contributed by atoms with Crippen molar-refractivity contribution in [3.63, 3.8) is 0 Å². The molecule has 1 aromatic heterocycles. The summed E-state index contributed by atoms with van der Waals surface area (Å²) in [5, 5.41) is 0. The third-order valence-electron chi connectivity index (χ3n) is 2.91. The molecule has 0 saturated carbocycles. The first-order valence-electron chi connectivity index (χ1n) is 6.09. The zero-order valence-electron chi connectivity index (χ0n) is 11.3. The number of hydrogen-bond donors (Lipinski definition) is 1. The maximum Gasteiger partial charge on any atom is 0.241 e. The second kappa shape index (κ2) is 6.02. The number of benzene rings is 1. The number of nitrogens with one attached hydrogen (secondary N) is 1. The Kier molecular flexibility index (Phi) is 4.36. The molecule has 1 N–H and O–H groups in total. The van der Waals surface area contributed by atoms with Gasteiger partial charge >= 0.3 is 0 Å². The van der Waals surface area contributed by atoms with Crippen LogP contribution in [0.25, 0.3) is 0 Å². The molecule has 2 rings (SSSR count). The highest BCUT2D eigenvalue weighted by Gasteiger charge is 2.18. The summed E-state index contributed by atoms with van der Waals surface area (Å²) >= 11 is 0. The largest absolute Gasteiger partial charge is 0.497 e. The van der Waals surface area contributed by atoms with Crippen LogP contribution in [0.4, 0.5) is 0 Å². The van der Waals surface area contributed by atoms with Gasteiger partial charge in [-0.25, -0.2) is 13.1 Å². The third-order valence-corrected chi connectivity index (χ3v) is 4.46. The summed E-state index contributed by atoms with van der Waals surface area (Å²) < 4.78 is 32.1. The fraction of sp³-hybridized carbons (Fsp3) is 0.214. The van der Waals surface area contributed by atoms with Crippen molar-refractivity contribution in [2.24, 2.45) is 0 Å². The minimum Gasteiger partial charge on any atom is -0.497 e. The average molecular weight is 292 g/mol. The Morgan fingerprint density at radius 2 is 1.70 bits per heavy atom. The first-order valence-corrected chi connectivity index (χ1v) is 7.57. The molecule has 0 amide bonds. The summed E-state index contributed by atoms with van der Waals surface area (Å²) in [7, 11) is -2.02.